The van der Waals surface area contributed by atoms with Gasteiger partial charge in [-0.3, -0.25) is 19.8 Å². The fourth-order valence-corrected chi connectivity index (χ4v) is 6.34. The first-order valence-corrected chi connectivity index (χ1v) is 12.0. The summed E-state index contributed by atoms with van der Waals surface area (Å²) < 4.78 is 0. The number of likely N-dealkylation sites (N-methyl/N-ethyl adjacent to an activating group) is 2. The Hall–Kier alpha value is -2.80. The summed E-state index contributed by atoms with van der Waals surface area (Å²) in [5.74, 6) is -2.91. The second kappa shape index (κ2) is 9.82. The fraction of sp³-hybridized carbons (Fsp3) is 0.667. The fourth-order valence-electron chi connectivity index (χ4n) is 4.86. The molecule has 0 aromatic carbocycles. The molecule has 188 valence electrons. The van der Waals surface area contributed by atoms with Gasteiger partial charge in [0.25, 0.3) is 0 Å². The zero-order valence-corrected chi connectivity index (χ0v) is 20.8. The maximum absolute atomic E-state index is 13.0. The van der Waals surface area contributed by atoms with Gasteiger partial charge < -0.3 is 36.2 Å². The van der Waals surface area contributed by atoms with E-state index in [4.69, 9.17) is 11.1 Å². The molecule has 34 heavy (non-hydrogen) atoms. The van der Waals surface area contributed by atoms with Crippen molar-refractivity contribution >= 4 is 41.4 Å². The van der Waals surface area contributed by atoms with Gasteiger partial charge in [-0.1, -0.05) is 6.92 Å². The van der Waals surface area contributed by atoms with Crippen LogP contribution in [-0.2, 0) is 19.2 Å². The topological polar surface area (TPSA) is 172 Å². The van der Waals surface area contributed by atoms with Crippen molar-refractivity contribution in [1.82, 2.24) is 25.3 Å². The second-order valence-corrected chi connectivity index (χ2v) is 10.6. The summed E-state index contributed by atoms with van der Waals surface area (Å²) in [7, 11) is 4.91. The molecule has 0 aromatic heterocycles. The molecule has 0 aromatic rings. The molecule has 12 nitrogen and oxygen atoms in total. The number of β-lactam (4-membered cyclic amide) rings is 1. The van der Waals surface area contributed by atoms with Crippen molar-refractivity contribution in [2.75, 3.05) is 34.2 Å². The number of nitrogens with zero attached hydrogens (tertiary/aromatic N) is 3. The molecular weight excluding hydrogens is 462 g/mol. The molecule has 0 saturated carbocycles. The number of carbonyl (C=O) groups is 4. The standard InChI is InChI=1S/C21H33N7O5S/c1-9-15-14(10(2)25-13(29)8-27(5)21(22)23)19(31)28(15)16(20(32)33)17(9)34-11-6-12(24-7-11)18(30)26(3)4/h9-12,14-15,24H,6-8H2,1-5H3,(H3,22,23)(H,25,29)(H,32,33)/t9-,10-,11?,12+,14-,15-/m1/s1. The molecule has 1 unspecified atom stereocenters. The molecule has 3 aliphatic heterocycles. The number of carboxylic acid groups (broad SMARTS) is 1. The van der Waals surface area contributed by atoms with Crippen LogP contribution in [0.3, 0.4) is 0 Å². The molecule has 2 fully saturated rings. The van der Waals surface area contributed by atoms with E-state index in [2.05, 4.69) is 10.6 Å². The van der Waals surface area contributed by atoms with E-state index in [1.807, 2.05) is 6.92 Å². The average molecular weight is 496 g/mol. The Morgan fingerprint density at radius 2 is 2.00 bits per heavy atom. The van der Waals surface area contributed by atoms with E-state index < -0.39 is 17.9 Å². The number of fused-ring (bicyclic) bond motifs is 1. The molecule has 3 heterocycles. The van der Waals surface area contributed by atoms with E-state index in [-0.39, 0.29) is 59.2 Å². The summed E-state index contributed by atoms with van der Waals surface area (Å²) in [6.45, 7) is 4.07. The van der Waals surface area contributed by atoms with Crippen LogP contribution in [0.1, 0.15) is 20.3 Å². The zero-order valence-electron chi connectivity index (χ0n) is 20.0. The van der Waals surface area contributed by atoms with Crippen LogP contribution < -0.4 is 16.4 Å². The van der Waals surface area contributed by atoms with Crippen molar-refractivity contribution in [3.05, 3.63) is 10.6 Å². The van der Waals surface area contributed by atoms with E-state index in [0.717, 1.165) is 0 Å². The minimum Gasteiger partial charge on any atom is -0.477 e. The number of aliphatic carboxylic acids is 1. The number of nitrogens with one attached hydrogen (secondary N) is 3. The highest BCUT2D eigenvalue weighted by atomic mass is 32.2. The van der Waals surface area contributed by atoms with E-state index >= 15 is 0 Å². The Labute approximate surface area is 202 Å². The molecule has 3 amide bonds. The maximum Gasteiger partial charge on any atom is 0.353 e. The third-order valence-corrected chi connectivity index (χ3v) is 8.15. The van der Waals surface area contributed by atoms with Crippen LogP contribution in [0.25, 0.3) is 0 Å². The number of guanidine groups is 1. The normalized spacial score (nSPS) is 28.8. The Balaban J connectivity index is 1.70. The SMILES string of the molecule is C[C@@H](NC(=O)CN(C)C(=N)N)[C@H]1C(=O)N2C(C(=O)O)=C(SC3CN[C@H](C(=O)N(C)C)C3)[C@H](C)[C@H]12. The van der Waals surface area contributed by atoms with E-state index in [1.165, 1.54) is 33.5 Å². The lowest BCUT2D eigenvalue weighted by molar-refractivity contribution is -0.158. The maximum atomic E-state index is 13.0. The quantitative estimate of drug-likeness (QED) is 0.155. The number of nitrogens with two attached hydrogens (primary N) is 1. The molecule has 3 rings (SSSR count). The third kappa shape index (κ3) is 4.71. The average Bonchev–Trinajstić information content (AvgIpc) is 3.29. The minimum absolute atomic E-state index is 0.000903. The van der Waals surface area contributed by atoms with Gasteiger partial charge in [0.05, 0.1) is 24.5 Å². The number of thioether (sulfide) groups is 1. The van der Waals surface area contributed by atoms with Gasteiger partial charge in [-0.2, -0.15) is 0 Å². The van der Waals surface area contributed by atoms with Gasteiger partial charge in [0.2, 0.25) is 17.7 Å². The van der Waals surface area contributed by atoms with Gasteiger partial charge in [0.15, 0.2) is 5.96 Å². The van der Waals surface area contributed by atoms with E-state index in [1.54, 1.807) is 21.0 Å². The Kier molecular flexibility index (Phi) is 7.46. The van der Waals surface area contributed by atoms with Crippen LogP contribution >= 0.6 is 11.8 Å². The molecule has 13 heteroatoms. The molecule has 0 spiro atoms. The van der Waals surface area contributed by atoms with Crippen LogP contribution in [0.2, 0.25) is 0 Å². The smallest absolute Gasteiger partial charge is 0.353 e. The monoisotopic (exact) mass is 495 g/mol. The van der Waals surface area contributed by atoms with Crippen LogP contribution in [0.15, 0.2) is 10.6 Å². The van der Waals surface area contributed by atoms with Crippen LogP contribution in [-0.4, -0.2) is 107 Å². The Morgan fingerprint density at radius 3 is 2.56 bits per heavy atom. The highest BCUT2D eigenvalue weighted by Crippen LogP contribution is 2.51. The van der Waals surface area contributed by atoms with Gasteiger partial charge >= 0.3 is 5.97 Å². The number of carboxylic acids is 1. The molecule has 0 radical (unpaired) electrons. The van der Waals surface area contributed by atoms with Crippen LogP contribution in [0.5, 0.6) is 0 Å². The molecule has 0 bridgehead atoms. The van der Waals surface area contributed by atoms with Gasteiger partial charge in [0, 0.05) is 49.8 Å². The van der Waals surface area contributed by atoms with Crippen molar-refractivity contribution in [3.63, 3.8) is 0 Å². The molecule has 0 aliphatic carbocycles. The van der Waals surface area contributed by atoms with Gasteiger partial charge in [-0.05, 0) is 13.3 Å². The van der Waals surface area contributed by atoms with Crippen molar-refractivity contribution in [2.45, 2.75) is 43.6 Å². The lowest BCUT2D eigenvalue weighted by Crippen LogP contribution is -2.66. The minimum atomic E-state index is -1.16. The molecule has 3 aliphatic rings. The van der Waals surface area contributed by atoms with E-state index in [9.17, 15) is 24.3 Å². The van der Waals surface area contributed by atoms with Gasteiger partial charge in [0.1, 0.15) is 5.70 Å². The van der Waals surface area contributed by atoms with Crippen molar-refractivity contribution < 1.29 is 24.3 Å². The lowest BCUT2D eigenvalue weighted by atomic mass is 9.78. The molecule has 6 atom stereocenters. The molecular formula is C21H33N7O5S. The largest absolute Gasteiger partial charge is 0.477 e. The number of hydrogen-bond donors (Lipinski definition) is 5. The van der Waals surface area contributed by atoms with Gasteiger partial charge in [-0.15, -0.1) is 11.8 Å². The first-order chi connectivity index (χ1) is 15.8. The summed E-state index contributed by atoms with van der Waals surface area (Å²) in [5, 5.41) is 23.3. The number of carbonyl (C=O) groups excluding carboxylic acids is 3. The molecule has 6 N–H and O–H groups in total. The van der Waals surface area contributed by atoms with Gasteiger partial charge in [-0.25, -0.2) is 4.79 Å². The highest BCUT2D eigenvalue weighted by molar-refractivity contribution is 8.03. The van der Waals surface area contributed by atoms with Crippen LogP contribution in [0.4, 0.5) is 0 Å². The van der Waals surface area contributed by atoms with Crippen molar-refractivity contribution in [1.29, 1.82) is 5.41 Å². The number of hydrogen-bond acceptors (Lipinski definition) is 7. The Morgan fingerprint density at radius 1 is 1.35 bits per heavy atom. The summed E-state index contributed by atoms with van der Waals surface area (Å²) in [5.41, 5.74) is 5.37. The van der Waals surface area contributed by atoms with Crippen LogP contribution in [0, 0.1) is 17.2 Å². The lowest BCUT2D eigenvalue weighted by Gasteiger charge is -2.47. The number of amides is 3. The van der Waals surface area contributed by atoms with Crippen molar-refractivity contribution in [3.8, 4) is 0 Å². The number of rotatable bonds is 8. The summed E-state index contributed by atoms with van der Waals surface area (Å²) in [6, 6.07) is -1.19. The first kappa shape index (κ1) is 25.8. The predicted molar refractivity (Wildman–Crippen MR) is 127 cm³/mol. The zero-order chi connectivity index (χ0) is 25.5. The third-order valence-electron chi connectivity index (χ3n) is 6.63. The highest BCUT2D eigenvalue weighted by Gasteiger charge is 2.60. The summed E-state index contributed by atoms with van der Waals surface area (Å²) in [6.07, 6.45) is 0.572. The Bertz CT molecular complexity index is 938. The molecule has 2 saturated heterocycles. The predicted octanol–water partition coefficient (Wildman–Crippen LogP) is -1.36. The summed E-state index contributed by atoms with van der Waals surface area (Å²) in [4.78, 5) is 54.5. The first-order valence-electron chi connectivity index (χ1n) is 11.1. The second-order valence-electron chi connectivity index (χ2n) is 9.30. The van der Waals surface area contributed by atoms with Crippen molar-refractivity contribution in [2.24, 2.45) is 17.6 Å². The van der Waals surface area contributed by atoms with E-state index in [0.29, 0.717) is 17.9 Å². The summed E-state index contributed by atoms with van der Waals surface area (Å²) >= 11 is 1.42.